The predicted octanol–water partition coefficient (Wildman–Crippen LogP) is 3.88. The first-order chi connectivity index (χ1) is 20.0. The van der Waals surface area contributed by atoms with Crippen molar-refractivity contribution in [3.05, 3.63) is 102 Å². The molecule has 0 aliphatic carbocycles. The molecule has 1 aliphatic rings. The number of aliphatic carboxylic acids is 2. The van der Waals surface area contributed by atoms with Crippen LogP contribution in [0.4, 0.5) is 0 Å². The lowest BCUT2D eigenvalue weighted by Gasteiger charge is -2.34. The van der Waals surface area contributed by atoms with Gasteiger partial charge in [0.2, 0.25) is 5.88 Å². The number of nitrogens with zero attached hydrogens (tertiary/aromatic N) is 5. The number of hydrogen-bond donors (Lipinski definition) is 2. The van der Waals surface area contributed by atoms with E-state index in [2.05, 4.69) is 80.9 Å². The normalized spacial score (nSPS) is 14.2. The summed E-state index contributed by atoms with van der Waals surface area (Å²) in [6.45, 7) is 3.75. The molecule has 0 bridgehead atoms. The Bertz CT molecular complexity index is 1350. The fraction of sp³-hybridized carbons (Fsp3) is 0.300. The van der Waals surface area contributed by atoms with Crippen molar-refractivity contribution in [1.29, 1.82) is 0 Å². The van der Waals surface area contributed by atoms with Crippen LogP contribution in [0.5, 0.6) is 5.88 Å². The highest BCUT2D eigenvalue weighted by Crippen LogP contribution is 2.30. The summed E-state index contributed by atoms with van der Waals surface area (Å²) in [5.41, 5.74) is 3.14. The quantitative estimate of drug-likeness (QED) is 0.206. The fourth-order valence-corrected chi connectivity index (χ4v) is 4.46. The smallest absolute Gasteiger partial charge is 0.328 e. The Morgan fingerprint density at radius 3 is 2.10 bits per heavy atom. The zero-order chi connectivity index (χ0) is 28.9. The average Bonchev–Trinajstić information content (AvgIpc) is 3.47. The second-order valence-electron chi connectivity index (χ2n) is 9.40. The molecule has 11 heteroatoms. The Kier molecular flexibility index (Phi) is 10.9. The van der Waals surface area contributed by atoms with Gasteiger partial charge in [-0.2, -0.15) is 4.52 Å². The molecule has 1 aliphatic heterocycles. The molecule has 2 aromatic carbocycles. The SMILES string of the molecule is O=C(O)C=CC(=O)O.c1ccc(C(OC2CCN(CCCOc3ccc4nncn4n3)CC2)c2ccccc2)cc1. The minimum Gasteiger partial charge on any atom is -0.478 e. The lowest BCUT2D eigenvalue weighted by molar-refractivity contribution is -0.134. The fourth-order valence-electron chi connectivity index (χ4n) is 4.46. The molecule has 0 spiro atoms. The second-order valence-corrected chi connectivity index (χ2v) is 9.40. The first kappa shape index (κ1) is 29.4. The highest BCUT2D eigenvalue weighted by Gasteiger charge is 2.24. The Morgan fingerprint density at radius 2 is 1.51 bits per heavy atom. The molecule has 0 saturated carbocycles. The molecule has 0 unspecified atom stereocenters. The van der Waals surface area contributed by atoms with E-state index in [1.165, 1.54) is 11.1 Å². The molecule has 1 saturated heterocycles. The molecule has 11 nitrogen and oxygen atoms in total. The Morgan fingerprint density at radius 1 is 0.902 bits per heavy atom. The number of likely N-dealkylation sites (tertiary alicyclic amines) is 1. The van der Waals surface area contributed by atoms with Gasteiger partial charge in [-0.05, 0) is 36.5 Å². The van der Waals surface area contributed by atoms with Crippen LogP contribution in [0.15, 0.2) is 91.3 Å². The number of ether oxygens (including phenoxy) is 2. The Balaban J connectivity index is 0.000000426. The van der Waals surface area contributed by atoms with Gasteiger partial charge in [0.05, 0.1) is 12.7 Å². The number of hydrogen-bond acceptors (Lipinski definition) is 8. The lowest BCUT2D eigenvalue weighted by atomic mass is 10.00. The molecule has 41 heavy (non-hydrogen) atoms. The van der Waals surface area contributed by atoms with Crippen molar-refractivity contribution in [2.24, 2.45) is 0 Å². The van der Waals surface area contributed by atoms with E-state index in [1.807, 2.05) is 12.1 Å². The number of benzene rings is 2. The van der Waals surface area contributed by atoms with Gasteiger partial charge in [-0.25, -0.2) is 9.59 Å². The molecule has 0 atom stereocenters. The molecule has 4 aromatic rings. The number of carbonyl (C=O) groups is 2. The van der Waals surface area contributed by atoms with Gasteiger partial charge in [-0.15, -0.1) is 15.3 Å². The van der Waals surface area contributed by atoms with Crippen LogP contribution in [0, 0.1) is 0 Å². The molecule has 1 fully saturated rings. The highest BCUT2D eigenvalue weighted by molar-refractivity contribution is 5.89. The van der Waals surface area contributed by atoms with Crippen LogP contribution in [0.1, 0.15) is 36.5 Å². The molecule has 5 rings (SSSR count). The van der Waals surface area contributed by atoms with E-state index in [-0.39, 0.29) is 12.2 Å². The summed E-state index contributed by atoms with van der Waals surface area (Å²) in [5.74, 6) is -1.91. The van der Waals surface area contributed by atoms with E-state index in [0.29, 0.717) is 30.3 Å². The van der Waals surface area contributed by atoms with Crippen molar-refractivity contribution >= 4 is 17.6 Å². The van der Waals surface area contributed by atoms with Crippen LogP contribution in [-0.4, -0.2) is 79.2 Å². The molecular weight excluding hydrogens is 526 g/mol. The number of fused-ring (bicyclic) bond motifs is 1. The molecule has 2 N–H and O–H groups in total. The Hall–Kier alpha value is -4.61. The van der Waals surface area contributed by atoms with Crippen molar-refractivity contribution < 1.29 is 29.3 Å². The van der Waals surface area contributed by atoms with Gasteiger partial charge in [-0.1, -0.05) is 60.7 Å². The minimum absolute atomic E-state index is 0.0205. The van der Waals surface area contributed by atoms with Crippen LogP contribution < -0.4 is 4.74 Å². The van der Waals surface area contributed by atoms with Gasteiger partial charge < -0.3 is 24.6 Å². The lowest BCUT2D eigenvalue weighted by Crippen LogP contribution is -2.38. The highest BCUT2D eigenvalue weighted by atomic mass is 16.5. The topological polar surface area (TPSA) is 139 Å². The van der Waals surface area contributed by atoms with Gasteiger partial charge in [0.15, 0.2) is 5.65 Å². The van der Waals surface area contributed by atoms with E-state index in [9.17, 15) is 9.59 Å². The molecule has 2 aromatic heterocycles. The van der Waals surface area contributed by atoms with E-state index in [4.69, 9.17) is 19.7 Å². The number of piperidine rings is 1. The third kappa shape index (κ3) is 9.52. The van der Waals surface area contributed by atoms with Crippen molar-refractivity contribution in [3.8, 4) is 5.88 Å². The van der Waals surface area contributed by atoms with Crippen LogP contribution in [0.25, 0.3) is 5.65 Å². The summed E-state index contributed by atoms with van der Waals surface area (Å²) < 4.78 is 14.1. The summed E-state index contributed by atoms with van der Waals surface area (Å²) >= 11 is 0. The van der Waals surface area contributed by atoms with Gasteiger partial charge in [0, 0.05) is 37.9 Å². The summed E-state index contributed by atoms with van der Waals surface area (Å²) in [6, 6.07) is 24.8. The third-order valence-electron chi connectivity index (χ3n) is 6.44. The standard InChI is InChI=1S/C26H29N5O2.C4H4O4/c1-3-8-21(9-4-1)26(22-10-5-2-6-11-22)33-23-14-17-30(18-15-23)16-7-19-32-25-13-12-24-28-27-20-31(24)29-25;5-3(6)1-2-4(7)8/h1-6,8-13,20,23,26H,7,14-19H2;1-2H,(H,5,6)(H,7,8). The van der Waals surface area contributed by atoms with Crippen molar-refractivity contribution in [3.63, 3.8) is 0 Å². The van der Waals surface area contributed by atoms with Crippen molar-refractivity contribution in [1.82, 2.24) is 24.7 Å². The monoisotopic (exact) mass is 559 g/mol. The average molecular weight is 560 g/mol. The summed E-state index contributed by atoms with van der Waals surface area (Å²) in [7, 11) is 0. The van der Waals surface area contributed by atoms with Crippen LogP contribution in [0.2, 0.25) is 0 Å². The first-order valence-electron chi connectivity index (χ1n) is 13.4. The number of carboxylic acids is 2. The maximum atomic E-state index is 9.55. The zero-order valence-corrected chi connectivity index (χ0v) is 22.5. The van der Waals surface area contributed by atoms with Gasteiger partial charge in [-0.3, -0.25) is 0 Å². The van der Waals surface area contributed by atoms with Gasteiger partial charge >= 0.3 is 11.9 Å². The van der Waals surface area contributed by atoms with E-state index >= 15 is 0 Å². The van der Waals surface area contributed by atoms with Crippen LogP contribution >= 0.6 is 0 Å². The summed E-state index contributed by atoms with van der Waals surface area (Å²) in [5, 5.41) is 27.8. The molecule has 0 radical (unpaired) electrons. The minimum atomic E-state index is -1.26. The van der Waals surface area contributed by atoms with Crippen molar-refractivity contribution in [2.45, 2.75) is 31.5 Å². The molecule has 3 heterocycles. The van der Waals surface area contributed by atoms with Gasteiger partial charge in [0.1, 0.15) is 12.4 Å². The van der Waals surface area contributed by atoms with E-state index in [1.54, 1.807) is 10.8 Å². The number of rotatable bonds is 11. The zero-order valence-electron chi connectivity index (χ0n) is 22.5. The second kappa shape index (κ2) is 15.2. The molecule has 214 valence electrons. The summed E-state index contributed by atoms with van der Waals surface area (Å²) in [6.07, 6.45) is 5.99. The Labute approximate surface area is 237 Å². The van der Waals surface area contributed by atoms with E-state index < -0.39 is 11.9 Å². The summed E-state index contributed by atoms with van der Waals surface area (Å²) in [4.78, 5) is 21.6. The number of aromatic nitrogens is 4. The third-order valence-corrected chi connectivity index (χ3v) is 6.44. The molecular formula is C30H33N5O6. The van der Waals surface area contributed by atoms with Gasteiger partial charge in [0.25, 0.3) is 0 Å². The van der Waals surface area contributed by atoms with E-state index in [0.717, 1.165) is 38.9 Å². The van der Waals surface area contributed by atoms with Crippen LogP contribution in [-0.2, 0) is 14.3 Å². The first-order valence-corrected chi connectivity index (χ1v) is 13.4. The van der Waals surface area contributed by atoms with Crippen LogP contribution in [0.3, 0.4) is 0 Å². The molecule has 0 amide bonds. The maximum absolute atomic E-state index is 9.55. The number of carboxylic acid groups (broad SMARTS) is 2. The maximum Gasteiger partial charge on any atom is 0.328 e. The largest absolute Gasteiger partial charge is 0.478 e. The predicted molar refractivity (Wildman–Crippen MR) is 151 cm³/mol. The van der Waals surface area contributed by atoms with Crippen molar-refractivity contribution in [2.75, 3.05) is 26.2 Å².